The van der Waals surface area contributed by atoms with Crippen molar-refractivity contribution in [2.24, 2.45) is 11.0 Å². The molecule has 142 valence electrons. The van der Waals surface area contributed by atoms with Crippen molar-refractivity contribution in [2.75, 3.05) is 13.6 Å². The van der Waals surface area contributed by atoms with Gasteiger partial charge in [-0.3, -0.25) is 4.79 Å². The fourth-order valence-electron chi connectivity index (χ4n) is 3.75. The Morgan fingerprint density at radius 2 is 1.96 bits per heavy atom. The normalized spacial score (nSPS) is 20.4. The van der Waals surface area contributed by atoms with Gasteiger partial charge in [-0.2, -0.15) is 5.10 Å². The van der Waals surface area contributed by atoms with Crippen molar-refractivity contribution in [1.29, 1.82) is 0 Å². The van der Waals surface area contributed by atoms with Crippen molar-refractivity contribution >= 4 is 17.7 Å². The molecule has 2 rings (SSSR count). The minimum absolute atomic E-state index is 0.0602. The molecule has 1 heterocycles. The molecule has 1 aliphatic heterocycles. The minimum atomic E-state index is -0.529. The number of ether oxygens (including phenoxy) is 1. The molecule has 0 aromatic carbocycles. The van der Waals surface area contributed by atoms with Crippen LogP contribution in [0.2, 0.25) is 0 Å². The first-order chi connectivity index (χ1) is 11.7. The van der Waals surface area contributed by atoms with Gasteiger partial charge >= 0.3 is 6.09 Å². The van der Waals surface area contributed by atoms with E-state index in [1.165, 1.54) is 37.0 Å². The van der Waals surface area contributed by atoms with Crippen LogP contribution in [-0.2, 0) is 9.53 Å². The zero-order valence-electron chi connectivity index (χ0n) is 16.4. The number of hydrazone groups is 1. The van der Waals surface area contributed by atoms with Gasteiger partial charge in [0, 0.05) is 7.05 Å². The van der Waals surface area contributed by atoms with E-state index in [0.717, 1.165) is 12.1 Å². The van der Waals surface area contributed by atoms with E-state index in [-0.39, 0.29) is 18.0 Å². The Kier molecular flexibility index (Phi) is 6.47. The molecule has 1 unspecified atom stereocenters. The van der Waals surface area contributed by atoms with Crippen LogP contribution in [0.3, 0.4) is 0 Å². The van der Waals surface area contributed by atoms with Gasteiger partial charge in [0.05, 0.1) is 24.7 Å². The predicted octanol–water partition coefficient (Wildman–Crippen LogP) is 3.80. The maximum absolute atomic E-state index is 12.5. The topological polar surface area (TPSA) is 62.2 Å². The zero-order chi connectivity index (χ0) is 18.6. The summed E-state index contributed by atoms with van der Waals surface area (Å²) >= 11 is 0. The number of carbonyl (C=O) groups is 2. The summed E-state index contributed by atoms with van der Waals surface area (Å²) in [5, 5.41) is 6.29. The second-order valence-electron chi connectivity index (χ2n) is 8.29. The molecule has 0 radical (unpaired) electrons. The van der Waals surface area contributed by atoms with Gasteiger partial charge in [0.15, 0.2) is 0 Å². The molecule has 0 aromatic rings. The first-order valence-electron chi connectivity index (χ1n) is 9.53. The number of nitrogens with zero attached hydrogens (tertiary/aromatic N) is 3. The molecule has 6 nitrogen and oxygen atoms in total. The fourth-order valence-corrected chi connectivity index (χ4v) is 3.75. The van der Waals surface area contributed by atoms with Crippen molar-refractivity contribution in [2.45, 2.75) is 84.3 Å². The Balaban J connectivity index is 1.99. The summed E-state index contributed by atoms with van der Waals surface area (Å²) in [7, 11) is 1.68. The van der Waals surface area contributed by atoms with Crippen LogP contribution in [0.25, 0.3) is 0 Å². The summed E-state index contributed by atoms with van der Waals surface area (Å²) in [6, 6.07) is 0.192. The van der Waals surface area contributed by atoms with Crippen molar-refractivity contribution in [3.05, 3.63) is 0 Å². The van der Waals surface area contributed by atoms with Crippen LogP contribution in [0.15, 0.2) is 5.10 Å². The molecular weight excluding hydrogens is 318 g/mol. The molecule has 0 aromatic heterocycles. The second-order valence-corrected chi connectivity index (χ2v) is 8.29. The molecular formula is C19H33N3O3. The molecule has 1 saturated carbocycles. The lowest BCUT2D eigenvalue weighted by Crippen LogP contribution is -2.39. The lowest BCUT2D eigenvalue weighted by atomic mass is 9.82. The summed E-state index contributed by atoms with van der Waals surface area (Å²) in [5.41, 5.74) is 0.214. The minimum Gasteiger partial charge on any atom is -0.444 e. The van der Waals surface area contributed by atoms with Crippen LogP contribution in [0, 0.1) is 5.92 Å². The summed E-state index contributed by atoms with van der Waals surface area (Å²) in [5.74, 6) is 0.611. The van der Waals surface area contributed by atoms with E-state index in [9.17, 15) is 9.59 Å². The van der Waals surface area contributed by atoms with E-state index >= 15 is 0 Å². The third kappa shape index (κ3) is 5.44. The van der Waals surface area contributed by atoms with Gasteiger partial charge < -0.3 is 9.64 Å². The highest BCUT2D eigenvalue weighted by atomic mass is 16.6. The van der Waals surface area contributed by atoms with Crippen LogP contribution in [0.4, 0.5) is 4.79 Å². The molecule has 1 aliphatic carbocycles. The van der Waals surface area contributed by atoms with E-state index in [0.29, 0.717) is 18.9 Å². The van der Waals surface area contributed by atoms with Gasteiger partial charge in [0.2, 0.25) is 5.91 Å². The van der Waals surface area contributed by atoms with E-state index in [1.54, 1.807) is 12.1 Å². The van der Waals surface area contributed by atoms with E-state index in [4.69, 9.17) is 4.74 Å². The van der Waals surface area contributed by atoms with Crippen LogP contribution >= 0.6 is 0 Å². The smallest absolute Gasteiger partial charge is 0.410 e. The lowest BCUT2D eigenvalue weighted by Gasteiger charge is -2.33. The van der Waals surface area contributed by atoms with Gasteiger partial charge in [0.25, 0.3) is 0 Å². The van der Waals surface area contributed by atoms with Gasteiger partial charge in [-0.25, -0.2) is 9.80 Å². The molecule has 0 spiro atoms. The fraction of sp³-hybridized carbons (Fsp3) is 0.842. The van der Waals surface area contributed by atoms with Crippen molar-refractivity contribution in [3.8, 4) is 0 Å². The highest BCUT2D eigenvalue weighted by Crippen LogP contribution is 2.32. The molecule has 6 heteroatoms. The number of amides is 2. The monoisotopic (exact) mass is 351 g/mol. The van der Waals surface area contributed by atoms with E-state index in [1.807, 2.05) is 20.8 Å². The largest absolute Gasteiger partial charge is 0.444 e. The maximum Gasteiger partial charge on any atom is 0.410 e. The molecule has 25 heavy (non-hydrogen) atoms. The molecule has 2 amide bonds. The summed E-state index contributed by atoms with van der Waals surface area (Å²) in [6.45, 7) is 7.98. The highest BCUT2D eigenvalue weighted by Gasteiger charge is 2.35. The Labute approximate surface area is 151 Å². The summed E-state index contributed by atoms with van der Waals surface area (Å²) in [4.78, 5) is 26.1. The average Bonchev–Trinajstić information content (AvgIpc) is 2.88. The van der Waals surface area contributed by atoms with Gasteiger partial charge in [0.1, 0.15) is 5.60 Å². The predicted molar refractivity (Wildman–Crippen MR) is 98.4 cm³/mol. The molecule has 0 bridgehead atoms. The van der Waals surface area contributed by atoms with E-state index < -0.39 is 5.60 Å². The zero-order valence-corrected chi connectivity index (χ0v) is 16.4. The van der Waals surface area contributed by atoms with Gasteiger partial charge in [-0.05, 0) is 46.0 Å². The maximum atomic E-state index is 12.5. The van der Waals surface area contributed by atoms with Crippen molar-refractivity contribution in [3.63, 3.8) is 0 Å². The molecule has 1 fully saturated rings. The van der Waals surface area contributed by atoms with Gasteiger partial charge in [-0.1, -0.05) is 26.2 Å². The standard InChI is InChI=1S/C19H33N3O3/c1-6-16(14-10-8-7-9-11-14)22-17(23)12-15(20-22)13-21(5)18(24)25-19(2,3)4/h14,16H,6-13H2,1-5H3. The molecule has 1 atom stereocenters. The van der Waals surface area contributed by atoms with Crippen LogP contribution in [0.1, 0.15) is 72.6 Å². The Morgan fingerprint density at radius 1 is 1.32 bits per heavy atom. The highest BCUT2D eigenvalue weighted by molar-refractivity contribution is 6.06. The SMILES string of the molecule is CCC(C1CCCCC1)N1N=C(CN(C)C(=O)OC(C)(C)C)CC1=O. The van der Waals surface area contributed by atoms with Crippen molar-refractivity contribution in [1.82, 2.24) is 9.91 Å². The van der Waals surface area contributed by atoms with E-state index in [2.05, 4.69) is 12.0 Å². The summed E-state index contributed by atoms with van der Waals surface area (Å²) in [6.07, 6.45) is 7.01. The molecule has 0 N–H and O–H groups in total. The first-order valence-corrected chi connectivity index (χ1v) is 9.53. The Hall–Kier alpha value is -1.59. The number of carbonyl (C=O) groups excluding carboxylic acids is 2. The van der Waals surface area contributed by atoms with Gasteiger partial charge in [-0.15, -0.1) is 0 Å². The average molecular weight is 351 g/mol. The third-order valence-electron chi connectivity index (χ3n) is 4.91. The van der Waals surface area contributed by atoms with Crippen LogP contribution in [0.5, 0.6) is 0 Å². The first kappa shape index (κ1) is 19.7. The van der Waals surface area contributed by atoms with Crippen LogP contribution < -0.4 is 0 Å². The summed E-state index contributed by atoms with van der Waals surface area (Å²) < 4.78 is 5.36. The lowest BCUT2D eigenvalue weighted by molar-refractivity contribution is -0.132. The number of hydrogen-bond acceptors (Lipinski definition) is 4. The van der Waals surface area contributed by atoms with Crippen LogP contribution in [-0.4, -0.2) is 52.9 Å². The Morgan fingerprint density at radius 3 is 2.52 bits per heavy atom. The molecule has 2 aliphatic rings. The number of hydrogen-bond donors (Lipinski definition) is 0. The Bertz CT molecular complexity index is 518. The molecule has 0 saturated heterocycles. The van der Waals surface area contributed by atoms with Crippen molar-refractivity contribution < 1.29 is 14.3 Å². The second kappa shape index (κ2) is 8.19. The number of rotatable bonds is 5. The third-order valence-corrected chi connectivity index (χ3v) is 4.91. The quantitative estimate of drug-likeness (QED) is 0.757.